The van der Waals surface area contributed by atoms with Crippen LogP contribution in [0.3, 0.4) is 0 Å². The summed E-state index contributed by atoms with van der Waals surface area (Å²) in [6, 6.07) is 34.6. The first-order valence-corrected chi connectivity index (χ1v) is 10.7. The summed E-state index contributed by atoms with van der Waals surface area (Å²) >= 11 is 1.84. The molecule has 0 N–H and O–H groups in total. The Morgan fingerprint density at radius 3 is 2.34 bits per heavy atom. The van der Waals surface area contributed by atoms with E-state index in [2.05, 4.69) is 109 Å². The van der Waals surface area contributed by atoms with Gasteiger partial charge in [-0.25, -0.2) is 0 Å². The molecule has 1 heterocycles. The van der Waals surface area contributed by atoms with Gasteiger partial charge in [-0.05, 0) is 58.0 Å². The van der Waals surface area contributed by atoms with Gasteiger partial charge in [0.2, 0.25) is 0 Å². The van der Waals surface area contributed by atoms with Crippen LogP contribution < -0.4 is 0 Å². The maximum atomic E-state index is 3.36. The van der Waals surface area contributed by atoms with E-state index < -0.39 is 0 Å². The minimum Gasteiger partial charge on any atom is -0.139 e. The van der Waals surface area contributed by atoms with Gasteiger partial charge in [-0.3, -0.25) is 0 Å². The van der Waals surface area contributed by atoms with E-state index in [1.807, 2.05) is 11.3 Å². The number of fused-ring (bicyclic) bond motifs is 2. The van der Waals surface area contributed by atoms with Crippen LogP contribution >= 0.6 is 11.3 Å². The highest BCUT2D eigenvalue weighted by Gasteiger charge is 2.01. The fourth-order valence-corrected chi connectivity index (χ4v) is 4.68. The number of rotatable bonds is 3. The van der Waals surface area contributed by atoms with Crippen LogP contribution in [0.5, 0.6) is 0 Å². The Hall–Kier alpha value is -3.34. The molecule has 0 nitrogen and oxygen atoms in total. The Morgan fingerprint density at radius 2 is 1.45 bits per heavy atom. The van der Waals surface area contributed by atoms with E-state index >= 15 is 0 Å². The van der Waals surface area contributed by atoms with E-state index in [4.69, 9.17) is 0 Å². The van der Waals surface area contributed by atoms with Crippen molar-refractivity contribution >= 4 is 32.2 Å². The number of thiophene rings is 1. The van der Waals surface area contributed by atoms with E-state index in [1.165, 1.54) is 36.9 Å². The summed E-state index contributed by atoms with van der Waals surface area (Å²) in [5, 5.41) is 3.83. The van der Waals surface area contributed by atoms with Crippen molar-refractivity contribution in [2.45, 2.75) is 12.8 Å². The first kappa shape index (κ1) is 17.7. The quantitative estimate of drug-likeness (QED) is 0.286. The molecule has 5 aromatic rings. The topological polar surface area (TPSA) is 0 Å². The van der Waals surface area contributed by atoms with Gasteiger partial charge in [-0.15, -0.1) is 11.3 Å². The SMILES string of the molecule is C(#Cc1ccc2ccc(Cc3ccccc3)cc2c1)Cc1cc2ccccc2s1. The highest BCUT2D eigenvalue weighted by Crippen LogP contribution is 2.25. The minimum absolute atomic E-state index is 0.797. The van der Waals surface area contributed by atoms with Crippen molar-refractivity contribution in [2.75, 3.05) is 0 Å². The summed E-state index contributed by atoms with van der Waals surface area (Å²) in [4.78, 5) is 1.32. The Kier molecular flexibility index (Phi) is 4.87. The van der Waals surface area contributed by atoms with Gasteiger partial charge in [0.05, 0.1) is 0 Å². The molecule has 1 heteroatoms. The number of hydrogen-bond acceptors (Lipinski definition) is 1. The summed E-state index contributed by atoms with van der Waals surface area (Å²) < 4.78 is 1.33. The molecule has 138 valence electrons. The van der Waals surface area contributed by atoms with Crippen LogP contribution in [0.15, 0.2) is 97.1 Å². The summed E-state index contributed by atoms with van der Waals surface area (Å²) in [7, 11) is 0. The molecule has 1 aromatic heterocycles. The molecule has 0 fully saturated rings. The Morgan fingerprint density at radius 1 is 0.621 bits per heavy atom. The maximum absolute atomic E-state index is 3.36. The van der Waals surface area contributed by atoms with Gasteiger partial charge in [0.25, 0.3) is 0 Å². The molecule has 0 saturated carbocycles. The zero-order chi connectivity index (χ0) is 19.5. The second kappa shape index (κ2) is 7.95. The van der Waals surface area contributed by atoms with Crippen molar-refractivity contribution in [2.24, 2.45) is 0 Å². The van der Waals surface area contributed by atoms with Crippen LogP contribution in [0.2, 0.25) is 0 Å². The second-order valence-electron chi connectivity index (χ2n) is 7.29. The van der Waals surface area contributed by atoms with Crippen LogP contribution in [0.25, 0.3) is 20.9 Å². The second-order valence-corrected chi connectivity index (χ2v) is 8.46. The highest BCUT2D eigenvalue weighted by atomic mass is 32.1. The minimum atomic E-state index is 0.797. The van der Waals surface area contributed by atoms with Gasteiger partial charge in [-0.2, -0.15) is 0 Å². The largest absolute Gasteiger partial charge is 0.139 e. The molecule has 0 spiro atoms. The van der Waals surface area contributed by atoms with Crippen molar-refractivity contribution in [3.63, 3.8) is 0 Å². The van der Waals surface area contributed by atoms with Crippen LogP contribution in [0.4, 0.5) is 0 Å². The lowest BCUT2D eigenvalue weighted by Crippen LogP contribution is -1.88. The molecule has 0 aliphatic carbocycles. The van der Waals surface area contributed by atoms with Crippen LogP contribution in [-0.4, -0.2) is 0 Å². The van der Waals surface area contributed by atoms with Gasteiger partial charge >= 0.3 is 0 Å². The lowest BCUT2D eigenvalue weighted by atomic mass is 10.00. The standard InChI is InChI=1S/C28H20S/c1-2-7-21(8-3-1)17-23-14-16-24-15-13-22(18-26(24)19-23)9-6-11-27-20-25-10-4-5-12-28(25)29-27/h1-5,7-8,10,12-16,18-20H,11,17H2. The zero-order valence-electron chi connectivity index (χ0n) is 16.1. The predicted octanol–water partition coefficient (Wildman–Crippen LogP) is 7.24. The molecule has 0 atom stereocenters. The average Bonchev–Trinajstić information content (AvgIpc) is 3.17. The zero-order valence-corrected chi connectivity index (χ0v) is 16.9. The molecule has 0 amide bonds. The molecule has 0 saturated heterocycles. The van der Waals surface area contributed by atoms with Gasteiger partial charge in [0.15, 0.2) is 0 Å². The van der Waals surface area contributed by atoms with Crippen molar-refractivity contribution < 1.29 is 0 Å². The van der Waals surface area contributed by atoms with Crippen molar-refractivity contribution in [1.82, 2.24) is 0 Å². The van der Waals surface area contributed by atoms with Crippen LogP contribution in [-0.2, 0) is 12.8 Å². The third-order valence-electron chi connectivity index (χ3n) is 5.13. The maximum Gasteiger partial charge on any atom is 0.0438 e. The summed E-state index contributed by atoms with van der Waals surface area (Å²) in [5.74, 6) is 6.71. The molecular formula is C28H20S. The lowest BCUT2D eigenvalue weighted by Gasteiger charge is -2.05. The van der Waals surface area contributed by atoms with Crippen LogP contribution in [0.1, 0.15) is 21.6 Å². The van der Waals surface area contributed by atoms with Crippen molar-refractivity contribution in [3.05, 3.63) is 119 Å². The van der Waals surface area contributed by atoms with E-state index in [9.17, 15) is 0 Å². The first-order chi connectivity index (χ1) is 14.3. The number of benzene rings is 4. The Labute approximate surface area is 175 Å². The fourth-order valence-electron chi connectivity index (χ4n) is 3.67. The van der Waals surface area contributed by atoms with E-state index in [-0.39, 0.29) is 0 Å². The summed E-state index contributed by atoms with van der Waals surface area (Å²) in [5.41, 5.74) is 3.75. The van der Waals surface area contributed by atoms with E-state index in [0.29, 0.717) is 0 Å². The molecule has 0 aliphatic rings. The smallest absolute Gasteiger partial charge is 0.0438 e. The van der Waals surface area contributed by atoms with Crippen molar-refractivity contribution in [3.8, 4) is 11.8 Å². The fraction of sp³-hybridized carbons (Fsp3) is 0.0714. The lowest BCUT2D eigenvalue weighted by molar-refractivity contribution is 1.20. The third kappa shape index (κ3) is 4.09. The molecule has 0 bridgehead atoms. The summed E-state index contributed by atoms with van der Waals surface area (Å²) in [6.45, 7) is 0. The third-order valence-corrected chi connectivity index (χ3v) is 6.24. The first-order valence-electron chi connectivity index (χ1n) is 9.86. The monoisotopic (exact) mass is 388 g/mol. The van der Waals surface area contributed by atoms with Crippen molar-refractivity contribution in [1.29, 1.82) is 0 Å². The molecule has 0 radical (unpaired) electrons. The van der Waals surface area contributed by atoms with Crippen LogP contribution in [0, 0.1) is 11.8 Å². The summed E-state index contributed by atoms with van der Waals surface area (Å²) in [6.07, 6.45) is 1.75. The molecule has 29 heavy (non-hydrogen) atoms. The molecular weight excluding hydrogens is 368 g/mol. The average molecular weight is 389 g/mol. The normalized spacial score (nSPS) is 10.8. The van der Waals surface area contributed by atoms with Gasteiger partial charge in [-0.1, -0.05) is 84.6 Å². The Balaban J connectivity index is 1.37. The molecule has 5 rings (SSSR count). The highest BCUT2D eigenvalue weighted by molar-refractivity contribution is 7.19. The van der Waals surface area contributed by atoms with E-state index in [0.717, 1.165) is 18.4 Å². The van der Waals surface area contributed by atoms with Gasteiger partial charge in [0.1, 0.15) is 0 Å². The van der Waals surface area contributed by atoms with Gasteiger partial charge < -0.3 is 0 Å². The van der Waals surface area contributed by atoms with Gasteiger partial charge in [0, 0.05) is 21.6 Å². The molecule has 0 aliphatic heterocycles. The Bertz CT molecular complexity index is 1310. The molecule has 4 aromatic carbocycles. The number of hydrogen-bond donors (Lipinski definition) is 0. The van der Waals surface area contributed by atoms with E-state index in [1.54, 1.807) is 0 Å². The molecule has 0 unspecified atom stereocenters. The predicted molar refractivity (Wildman–Crippen MR) is 126 cm³/mol.